The molecule has 3 rings (SSSR count). The summed E-state index contributed by atoms with van der Waals surface area (Å²) in [5.74, 6) is 0.253. The minimum absolute atomic E-state index is 0.000752. The van der Waals surface area contributed by atoms with Crippen molar-refractivity contribution in [1.82, 2.24) is 0 Å². The first-order chi connectivity index (χ1) is 8.27. The first-order valence-electron chi connectivity index (χ1n) is 6.71. The van der Waals surface area contributed by atoms with Crippen LogP contribution in [0.3, 0.4) is 0 Å². The molecule has 1 saturated carbocycles. The zero-order valence-corrected chi connectivity index (χ0v) is 11.6. The van der Waals surface area contributed by atoms with E-state index in [1.54, 1.807) is 19.9 Å². The zero-order chi connectivity index (χ0) is 13.7. The van der Waals surface area contributed by atoms with Gasteiger partial charge in [-0.25, -0.2) is 0 Å². The number of Topliss-reactive ketones (excluding diaryl/α,β-unsaturated/α-hetero) is 1. The van der Waals surface area contributed by atoms with Crippen molar-refractivity contribution in [2.24, 2.45) is 23.2 Å². The molecule has 1 N–H and O–H groups in total. The largest absolute Gasteiger partial charge is 0.385 e. The summed E-state index contributed by atoms with van der Waals surface area (Å²) < 4.78 is 0. The van der Waals surface area contributed by atoms with E-state index < -0.39 is 6.10 Å². The van der Waals surface area contributed by atoms with Crippen LogP contribution in [0.5, 0.6) is 0 Å². The maximum atomic E-state index is 11.9. The van der Waals surface area contributed by atoms with Crippen molar-refractivity contribution in [2.45, 2.75) is 46.6 Å². The average molecular weight is 250 g/mol. The standard InChI is InChI=1S/C15H22O3/c1-8(2)14(18)13(17)7-15(4)10-6-11(15)12(16)5-9(10)3/h5,8,10-11,13,17H,6-7H2,1-4H3/t10-,11+,13+,15-/m0/s1. The Morgan fingerprint density at radius 3 is 2.56 bits per heavy atom. The molecule has 0 aromatic rings. The fraction of sp³-hybridized carbons (Fsp3) is 0.733. The number of aliphatic hydroxyl groups is 1. The number of hydrogen-bond donors (Lipinski definition) is 1. The van der Waals surface area contributed by atoms with E-state index in [1.807, 2.05) is 13.8 Å². The van der Waals surface area contributed by atoms with Crippen molar-refractivity contribution in [3.05, 3.63) is 11.6 Å². The SMILES string of the molecule is CC1=CC(=O)[C@H]2C[C@@H]1[C@]2(C)C[C@@H](O)C(=O)C(C)C. The smallest absolute Gasteiger partial charge is 0.163 e. The molecule has 18 heavy (non-hydrogen) atoms. The molecule has 0 unspecified atom stereocenters. The maximum Gasteiger partial charge on any atom is 0.163 e. The highest BCUT2D eigenvalue weighted by Crippen LogP contribution is 2.60. The predicted molar refractivity (Wildman–Crippen MR) is 68.9 cm³/mol. The number of carbonyl (C=O) groups is 2. The third-order valence-corrected chi connectivity index (χ3v) is 4.86. The zero-order valence-electron chi connectivity index (χ0n) is 11.6. The molecule has 0 radical (unpaired) electrons. The Morgan fingerprint density at radius 2 is 2.11 bits per heavy atom. The van der Waals surface area contributed by atoms with Crippen LogP contribution < -0.4 is 0 Å². The summed E-state index contributed by atoms with van der Waals surface area (Å²) in [5.41, 5.74) is 0.883. The highest BCUT2D eigenvalue weighted by atomic mass is 16.3. The third kappa shape index (κ3) is 1.85. The van der Waals surface area contributed by atoms with Crippen molar-refractivity contribution >= 4 is 11.6 Å². The Balaban J connectivity index is 2.13. The number of aliphatic hydroxyl groups excluding tert-OH is 1. The van der Waals surface area contributed by atoms with Gasteiger partial charge in [0.15, 0.2) is 11.6 Å². The van der Waals surface area contributed by atoms with Crippen molar-refractivity contribution in [3.63, 3.8) is 0 Å². The van der Waals surface area contributed by atoms with Crippen LogP contribution in [0.1, 0.15) is 40.5 Å². The second kappa shape index (κ2) is 4.30. The molecule has 1 fully saturated rings. The van der Waals surface area contributed by atoms with Crippen LogP contribution in [0.25, 0.3) is 0 Å². The van der Waals surface area contributed by atoms with Gasteiger partial charge in [-0.3, -0.25) is 9.59 Å². The Morgan fingerprint density at radius 1 is 1.50 bits per heavy atom. The summed E-state index contributed by atoms with van der Waals surface area (Å²) >= 11 is 0. The lowest BCUT2D eigenvalue weighted by Crippen LogP contribution is -2.55. The van der Waals surface area contributed by atoms with Crippen LogP contribution in [-0.2, 0) is 9.59 Å². The molecule has 3 aliphatic rings. The van der Waals surface area contributed by atoms with Gasteiger partial charge < -0.3 is 5.11 Å². The number of ketones is 2. The van der Waals surface area contributed by atoms with Gasteiger partial charge in [-0.2, -0.15) is 0 Å². The van der Waals surface area contributed by atoms with Gasteiger partial charge in [-0.1, -0.05) is 26.3 Å². The fourth-order valence-corrected chi connectivity index (χ4v) is 3.62. The van der Waals surface area contributed by atoms with Crippen LogP contribution in [0.2, 0.25) is 0 Å². The minimum atomic E-state index is -0.931. The highest BCUT2D eigenvalue weighted by molar-refractivity contribution is 5.96. The lowest BCUT2D eigenvalue weighted by Gasteiger charge is -2.57. The van der Waals surface area contributed by atoms with Crippen molar-refractivity contribution in [1.29, 1.82) is 0 Å². The molecule has 0 heterocycles. The normalized spacial score (nSPS) is 36.1. The summed E-state index contributed by atoms with van der Waals surface area (Å²) in [6, 6.07) is 0. The van der Waals surface area contributed by atoms with Crippen LogP contribution in [0, 0.1) is 23.2 Å². The molecular formula is C15H22O3. The van der Waals surface area contributed by atoms with Crippen LogP contribution in [-0.4, -0.2) is 22.8 Å². The van der Waals surface area contributed by atoms with Gasteiger partial charge in [0.25, 0.3) is 0 Å². The molecule has 0 aliphatic heterocycles. The van der Waals surface area contributed by atoms with E-state index in [0.29, 0.717) is 12.3 Å². The van der Waals surface area contributed by atoms with E-state index in [0.717, 1.165) is 12.0 Å². The number of fused-ring (bicyclic) bond motifs is 1. The number of hydrogen-bond acceptors (Lipinski definition) is 3. The van der Waals surface area contributed by atoms with Gasteiger partial charge in [-0.15, -0.1) is 0 Å². The Labute approximate surface area is 108 Å². The van der Waals surface area contributed by atoms with Crippen molar-refractivity contribution in [2.75, 3.05) is 0 Å². The van der Waals surface area contributed by atoms with Crippen LogP contribution in [0.15, 0.2) is 11.6 Å². The lowest BCUT2D eigenvalue weighted by atomic mass is 9.46. The van der Waals surface area contributed by atoms with E-state index in [-0.39, 0.29) is 28.8 Å². The second-order valence-corrected chi connectivity index (χ2v) is 6.41. The number of rotatable bonds is 4. The molecule has 2 bridgehead atoms. The summed E-state index contributed by atoms with van der Waals surface area (Å²) in [5, 5.41) is 10.0. The molecule has 0 amide bonds. The summed E-state index contributed by atoms with van der Waals surface area (Å²) in [4.78, 5) is 23.7. The van der Waals surface area contributed by atoms with E-state index >= 15 is 0 Å². The third-order valence-electron chi connectivity index (χ3n) is 4.86. The van der Waals surface area contributed by atoms with Crippen LogP contribution >= 0.6 is 0 Å². The van der Waals surface area contributed by atoms with Gasteiger partial charge in [-0.05, 0) is 37.2 Å². The van der Waals surface area contributed by atoms with Gasteiger partial charge >= 0.3 is 0 Å². The van der Waals surface area contributed by atoms with Crippen molar-refractivity contribution in [3.8, 4) is 0 Å². The van der Waals surface area contributed by atoms with Gasteiger partial charge in [0, 0.05) is 11.8 Å². The molecule has 3 aliphatic carbocycles. The highest BCUT2D eigenvalue weighted by Gasteiger charge is 2.57. The fourth-order valence-electron chi connectivity index (χ4n) is 3.62. The Hall–Kier alpha value is -0.960. The number of allylic oxidation sites excluding steroid dienone is 2. The Kier molecular flexibility index (Phi) is 3.22. The average Bonchev–Trinajstić information content (AvgIpc) is 2.25. The molecule has 100 valence electrons. The van der Waals surface area contributed by atoms with Gasteiger partial charge in [0.2, 0.25) is 0 Å². The van der Waals surface area contributed by atoms with E-state index in [4.69, 9.17) is 0 Å². The number of carbonyl (C=O) groups excluding carboxylic acids is 2. The molecular weight excluding hydrogens is 228 g/mol. The van der Waals surface area contributed by atoms with Gasteiger partial charge in [0.1, 0.15) is 6.10 Å². The topological polar surface area (TPSA) is 54.4 Å². The van der Waals surface area contributed by atoms with Crippen molar-refractivity contribution < 1.29 is 14.7 Å². The first kappa shape index (κ1) is 13.5. The quantitative estimate of drug-likeness (QED) is 0.831. The van der Waals surface area contributed by atoms with E-state index in [2.05, 4.69) is 0 Å². The second-order valence-electron chi connectivity index (χ2n) is 6.41. The minimum Gasteiger partial charge on any atom is -0.385 e. The van der Waals surface area contributed by atoms with E-state index in [9.17, 15) is 14.7 Å². The molecule has 0 aromatic heterocycles. The van der Waals surface area contributed by atoms with Crippen LogP contribution in [0.4, 0.5) is 0 Å². The molecule has 0 spiro atoms. The summed E-state index contributed by atoms with van der Waals surface area (Å²) in [6.07, 6.45) is 2.10. The summed E-state index contributed by atoms with van der Waals surface area (Å²) in [7, 11) is 0. The maximum absolute atomic E-state index is 11.9. The first-order valence-corrected chi connectivity index (χ1v) is 6.71. The molecule has 4 atom stereocenters. The molecule has 0 aromatic carbocycles. The molecule has 3 heteroatoms. The van der Waals surface area contributed by atoms with Gasteiger partial charge in [0.05, 0.1) is 0 Å². The lowest BCUT2D eigenvalue weighted by molar-refractivity contribution is -0.146. The molecule has 0 saturated heterocycles. The Bertz CT molecular complexity index is 421. The summed E-state index contributed by atoms with van der Waals surface area (Å²) in [6.45, 7) is 7.61. The monoisotopic (exact) mass is 250 g/mol. The molecule has 3 nitrogen and oxygen atoms in total. The van der Waals surface area contributed by atoms with E-state index in [1.165, 1.54) is 0 Å². The predicted octanol–water partition coefficient (Wildman–Crippen LogP) is 2.13.